The summed E-state index contributed by atoms with van der Waals surface area (Å²) in [4.78, 5) is 29.3. The standard InChI is InChI=1S/C21H18N2O5S/c1-5-10-23-16-9-6-13(20(25)28-4)11-18(16)29-21(23)22-19(24)15-8-7-14(26-2)12-17(15)27-3/h1,6-9,11-12H,10H2,2-4H3. The predicted octanol–water partition coefficient (Wildman–Crippen LogP) is 2.88. The molecule has 1 heterocycles. The van der Waals surface area contributed by atoms with Crippen molar-refractivity contribution in [1.82, 2.24) is 4.57 Å². The van der Waals surface area contributed by atoms with Crippen molar-refractivity contribution in [3.63, 3.8) is 0 Å². The second-order valence-electron chi connectivity index (χ2n) is 5.83. The van der Waals surface area contributed by atoms with E-state index in [1.54, 1.807) is 41.0 Å². The van der Waals surface area contributed by atoms with E-state index < -0.39 is 11.9 Å². The zero-order chi connectivity index (χ0) is 21.0. The first kappa shape index (κ1) is 20.2. The van der Waals surface area contributed by atoms with Crippen molar-refractivity contribution >= 4 is 33.4 Å². The van der Waals surface area contributed by atoms with Crippen molar-refractivity contribution in [2.24, 2.45) is 4.99 Å². The molecule has 0 atom stereocenters. The van der Waals surface area contributed by atoms with Gasteiger partial charge in [0.2, 0.25) is 0 Å². The van der Waals surface area contributed by atoms with Gasteiger partial charge in [-0.25, -0.2) is 4.79 Å². The Labute approximate surface area is 171 Å². The third kappa shape index (κ3) is 4.00. The van der Waals surface area contributed by atoms with Crippen LogP contribution in [-0.4, -0.2) is 37.8 Å². The molecule has 3 rings (SSSR count). The van der Waals surface area contributed by atoms with Gasteiger partial charge in [-0.15, -0.1) is 6.42 Å². The van der Waals surface area contributed by atoms with Crippen molar-refractivity contribution in [2.45, 2.75) is 6.54 Å². The van der Waals surface area contributed by atoms with Gasteiger partial charge in [-0.1, -0.05) is 17.3 Å². The van der Waals surface area contributed by atoms with Crippen molar-refractivity contribution in [2.75, 3.05) is 21.3 Å². The lowest BCUT2D eigenvalue weighted by Gasteiger charge is -2.07. The molecule has 0 aliphatic carbocycles. The molecule has 0 saturated heterocycles. The number of fused-ring (bicyclic) bond motifs is 1. The molecule has 0 fully saturated rings. The highest BCUT2D eigenvalue weighted by atomic mass is 32.1. The van der Waals surface area contributed by atoms with Gasteiger partial charge >= 0.3 is 5.97 Å². The first-order valence-electron chi connectivity index (χ1n) is 8.48. The highest BCUT2D eigenvalue weighted by Gasteiger charge is 2.15. The van der Waals surface area contributed by atoms with E-state index in [0.717, 1.165) is 10.2 Å². The molecular weight excluding hydrogens is 392 g/mol. The average Bonchev–Trinajstić information content (AvgIpc) is 3.08. The monoisotopic (exact) mass is 410 g/mol. The fraction of sp³-hybridized carbons (Fsp3) is 0.190. The van der Waals surface area contributed by atoms with E-state index in [4.69, 9.17) is 20.6 Å². The van der Waals surface area contributed by atoms with Crippen LogP contribution in [0.5, 0.6) is 11.5 Å². The van der Waals surface area contributed by atoms with Crippen molar-refractivity contribution in [3.05, 3.63) is 52.3 Å². The second-order valence-corrected chi connectivity index (χ2v) is 6.84. The average molecular weight is 410 g/mol. The van der Waals surface area contributed by atoms with Crippen molar-refractivity contribution in [1.29, 1.82) is 0 Å². The molecule has 8 heteroatoms. The van der Waals surface area contributed by atoms with E-state index in [1.807, 2.05) is 0 Å². The molecule has 0 aliphatic rings. The number of hydrogen-bond donors (Lipinski definition) is 0. The summed E-state index contributed by atoms with van der Waals surface area (Å²) in [7, 11) is 4.32. The summed E-state index contributed by atoms with van der Waals surface area (Å²) in [6, 6.07) is 9.97. The van der Waals surface area contributed by atoms with Gasteiger partial charge in [-0.3, -0.25) is 4.79 Å². The minimum absolute atomic E-state index is 0.226. The van der Waals surface area contributed by atoms with E-state index in [2.05, 4.69) is 10.9 Å². The van der Waals surface area contributed by atoms with Gasteiger partial charge in [0, 0.05) is 6.07 Å². The van der Waals surface area contributed by atoms with Crippen LogP contribution in [0, 0.1) is 12.3 Å². The van der Waals surface area contributed by atoms with Crippen LogP contribution in [0.15, 0.2) is 41.4 Å². The maximum atomic E-state index is 12.8. The fourth-order valence-electron chi connectivity index (χ4n) is 2.77. The number of nitrogens with zero attached hydrogens (tertiary/aromatic N) is 2. The number of aromatic nitrogens is 1. The smallest absolute Gasteiger partial charge is 0.337 e. The zero-order valence-electron chi connectivity index (χ0n) is 16.1. The molecule has 3 aromatic rings. The fourth-order valence-corrected chi connectivity index (χ4v) is 3.84. The highest BCUT2D eigenvalue weighted by Crippen LogP contribution is 2.25. The maximum absolute atomic E-state index is 12.8. The summed E-state index contributed by atoms with van der Waals surface area (Å²) in [6.07, 6.45) is 5.50. The Morgan fingerprint density at radius 2 is 1.93 bits per heavy atom. The summed E-state index contributed by atoms with van der Waals surface area (Å²) < 4.78 is 17.7. The van der Waals surface area contributed by atoms with Crippen molar-refractivity contribution < 1.29 is 23.8 Å². The summed E-state index contributed by atoms with van der Waals surface area (Å²) in [5.74, 6) is 2.57. The van der Waals surface area contributed by atoms with Gasteiger partial charge in [0.15, 0.2) is 4.80 Å². The van der Waals surface area contributed by atoms with Gasteiger partial charge in [0.05, 0.1) is 49.2 Å². The molecule has 0 radical (unpaired) electrons. The largest absolute Gasteiger partial charge is 0.497 e. The minimum atomic E-state index is -0.477. The molecule has 0 saturated carbocycles. The lowest BCUT2D eigenvalue weighted by atomic mass is 10.2. The number of amides is 1. The van der Waals surface area contributed by atoms with E-state index >= 15 is 0 Å². The van der Waals surface area contributed by atoms with Crippen LogP contribution in [0.3, 0.4) is 0 Å². The minimum Gasteiger partial charge on any atom is -0.497 e. The van der Waals surface area contributed by atoms with Gasteiger partial charge in [-0.05, 0) is 30.3 Å². The number of terminal acetylenes is 1. The number of hydrogen-bond acceptors (Lipinski definition) is 6. The van der Waals surface area contributed by atoms with Crippen LogP contribution in [0.2, 0.25) is 0 Å². The van der Waals surface area contributed by atoms with E-state index in [1.165, 1.54) is 32.7 Å². The maximum Gasteiger partial charge on any atom is 0.337 e. The highest BCUT2D eigenvalue weighted by molar-refractivity contribution is 7.16. The first-order valence-corrected chi connectivity index (χ1v) is 9.30. The number of carbonyl (C=O) groups excluding carboxylic acids is 2. The molecule has 1 amide bonds. The molecule has 0 aliphatic heterocycles. The van der Waals surface area contributed by atoms with Crippen LogP contribution in [0.1, 0.15) is 20.7 Å². The van der Waals surface area contributed by atoms with Crippen LogP contribution >= 0.6 is 11.3 Å². The molecule has 7 nitrogen and oxygen atoms in total. The molecule has 148 valence electrons. The summed E-state index contributed by atoms with van der Waals surface area (Å²) in [5, 5.41) is 0. The Morgan fingerprint density at radius 3 is 2.59 bits per heavy atom. The number of ether oxygens (including phenoxy) is 3. The Kier molecular flexibility index (Phi) is 6.00. The number of thiazole rings is 1. The van der Waals surface area contributed by atoms with E-state index in [0.29, 0.717) is 27.4 Å². The zero-order valence-corrected chi connectivity index (χ0v) is 16.9. The summed E-state index contributed by atoms with van der Waals surface area (Å²) >= 11 is 1.26. The Bertz CT molecular complexity index is 1200. The van der Waals surface area contributed by atoms with Crippen LogP contribution in [0.25, 0.3) is 10.2 Å². The Hall–Kier alpha value is -3.57. The molecule has 29 heavy (non-hydrogen) atoms. The van der Waals surface area contributed by atoms with Crippen LogP contribution in [0.4, 0.5) is 0 Å². The Morgan fingerprint density at radius 1 is 1.14 bits per heavy atom. The Balaban J connectivity index is 2.14. The molecule has 1 aromatic heterocycles. The van der Waals surface area contributed by atoms with Crippen LogP contribution < -0.4 is 14.3 Å². The van der Waals surface area contributed by atoms with Crippen molar-refractivity contribution in [3.8, 4) is 23.8 Å². The van der Waals surface area contributed by atoms with Crippen LogP contribution in [-0.2, 0) is 11.3 Å². The lowest BCUT2D eigenvalue weighted by molar-refractivity contribution is 0.0600. The van der Waals surface area contributed by atoms with E-state index in [9.17, 15) is 9.59 Å². The third-order valence-corrected chi connectivity index (χ3v) is 5.23. The molecule has 0 unspecified atom stereocenters. The first-order chi connectivity index (χ1) is 14.0. The summed E-state index contributed by atoms with van der Waals surface area (Å²) in [5.41, 5.74) is 1.48. The lowest BCUT2D eigenvalue weighted by Crippen LogP contribution is -2.16. The number of methoxy groups -OCH3 is 3. The molecule has 0 bridgehead atoms. The predicted molar refractivity (Wildman–Crippen MR) is 109 cm³/mol. The van der Waals surface area contributed by atoms with E-state index in [-0.39, 0.29) is 6.54 Å². The van der Waals surface area contributed by atoms with Gasteiger partial charge < -0.3 is 18.8 Å². The number of rotatable bonds is 5. The molecule has 2 aromatic carbocycles. The number of carbonyl (C=O) groups is 2. The summed E-state index contributed by atoms with van der Waals surface area (Å²) in [6.45, 7) is 0.226. The third-order valence-electron chi connectivity index (χ3n) is 4.19. The normalized spacial score (nSPS) is 11.2. The number of esters is 1. The molecule has 0 spiro atoms. The van der Waals surface area contributed by atoms with Gasteiger partial charge in [0.25, 0.3) is 5.91 Å². The topological polar surface area (TPSA) is 79.1 Å². The quantitative estimate of drug-likeness (QED) is 0.477. The number of benzene rings is 2. The SMILES string of the molecule is C#CCn1c(=NC(=O)c2ccc(OC)cc2OC)sc2cc(C(=O)OC)ccc21. The second kappa shape index (κ2) is 8.63. The molecule has 0 N–H and O–H groups in total. The van der Waals surface area contributed by atoms with Gasteiger partial charge in [0.1, 0.15) is 11.5 Å². The molecular formula is C21H18N2O5S. The van der Waals surface area contributed by atoms with Gasteiger partial charge in [-0.2, -0.15) is 4.99 Å².